The molecule has 2 nitrogen and oxygen atoms in total. The number of benzene rings is 1. The molecule has 0 fully saturated rings. The largest absolute Gasteiger partial charge is 0.271 e. The van der Waals surface area contributed by atoms with Crippen molar-refractivity contribution in [2.45, 2.75) is 41.9 Å². The number of allylic oxidation sites excluding steroid dienone is 1. The molecule has 1 aromatic carbocycles. The lowest BCUT2D eigenvalue weighted by Gasteiger charge is -2.21. The number of hydrazine groups is 1. The van der Waals surface area contributed by atoms with E-state index >= 15 is 0 Å². The van der Waals surface area contributed by atoms with Crippen molar-refractivity contribution in [1.29, 1.82) is 0 Å². The molecule has 3 heteroatoms. The SMILES string of the molecule is C=CCCCC(NN)C1Cc2ccccc2S1. The zero-order chi connectivity index (χ0) is 12.1. The number of hydrogen-bond acceptors (Lipinski definition) is 3. The molecule has 2 rings (SSSR count). The number of thioether (sulfide) groups is 1. The summed E-state index contributed by atoms with van der Waals surface area (Å²) >= 11 is 1.96. The summed E-state index contributed by atoms with van der Waals surface area (Å²) in [6, 6.07) is 9.05. The molecule has 0 amide bonds. The fourth-order valence-electron chi connectivity index (χ4n) is 2.29. The van der Waals surface area contributed by atoms with E-state index in [1.54, 1.807) is 0 Å². The van der Waals surface area contributed by atoms with Crippen LogP contribution in [-0.2, 0) is 6.42 Å². The first kappa shape index (κ1) is 12.7. The van der Waals surface area contributed by atoms with Gasteiger partial charge in [-0.05, 0) is 37.3 Å². The molecule has 0 bridgehead atoms. The molecule has 3 N–H and O–H groups in total. The first-order valence-electron chi connectivity index (χ1n) is 6.16. The smallest absolute Gasteiger partial charge is 0.0336 e. The number of fused-ring (bicyclic) bond motifs is 1. The van der Waals surface area contributed by atoms with Crippen LogP contribution < -0.4 is 11.3 Å². The lowest BCUT2D eigenvalue weighted by atomic mass is 10.0. The summed E-state index contributed by atoms with van der Waals surface area (Å²) in [5.41, 5.74) is 4.45. The molecule has 0 saturated carbocycles. The molecule has 0 radical (unpaired) electrons. The van der Waals surface area contributed by atoms with Gasteiger partial charge in [-0.1, -0.05) is 24.3 Å². The van der Waals surface area contributed by atoms with Crippen LogP contribution in [-0.4, -0.2) is 11.3 Å². The Morgan fingerprint density at radius 1 is 1.53 bits per heavy atom. The van der Waals surface area contributed by atoms with Gasteiger partial charge in [0.05, 0.1) is 0 Å². The van der Waals surface area contributed by atoms with Crippen molar-refractivity contribution in [3.8, 4) is 0 Å². The standard InChI is InChI=1S/C14H20N2S/c1-2-3-4-8-12(16-15)14-10-11-7-5-6-9-13(11)17-14/h2,5-7,9,12,14,16H,1,3-4,8,10,15H2. The zero-order valence-corrected chi connectivity index (χ0v) is 10.9. The Bertz CT molecular complexity index is 353. The second-order valence-electron chi connectivity index (χ2n) is 4.46. The Morgan fingerprint density at radius 3 is 3.06 bits per heavy atom. The zero-order valence-electron chi connectivity index (χ0n) is 10.1. The Balaban J connectivity index is 1.93. The number of hydrogen-bond donors (Lipinski definition) is 2. The van der Waals surface area contributed by atoms with E-state index < -0.39 is 0 Å². The average Bonchev–Trinajstić information content (AvgIpc) is 2.78. The van der Waals surface area contributed by atoms with Crippen LogP contribution in [0.25, 0.3) is 0 Å². The fraction of sp³-hybridized carbons (Fsp3) is 0.429. The first-order valence-corrected chi connectivity index (χ1v) is 7.04. The monoisotopic (exact) mass is 248 g/mol. The molecule has 2 unspecified atom stereocenters. The molecule has 1 aromatic rings. The quantitative estimate of drug-likeness (QED) is 0.352. The van der Waals surface area contributed by atoms with Gasteiger partial charge in [-0.3, -0.25) is 11.3 Å². The molecule has 1 heterocycles. The van der Waals surface area contributed by atoms with Crippen molar-refractivity contribution in [3.05, 3.63) is 42.5 Å². The van der Waals surface area contributed by atoms with E-state index in [4.69, 9.17) is 5.84 Å². The lowest BCUT2D eigenvalue weighted by molar-refractivity contribution is 0.466. The van der Waals surface area contributed by atoms with Gasteiger partial charge in [0, 0.05) is 16.2 Å². The van der Waals surface area contributed by atoms with Crippen molar-refractivity contribution in [2.24, 2.45) is 5.84 Å². The van der Waals surface area contributed by atoms with Crippen LogP contribution in [0.4, 0.5) is 0 Å². The minimum atomic E-state index is 0.396. The Kier molecular flexibility index (Phi) is 4.66. The van der Waals surface area contributed by atoms with E-state index in [1.807, 2.05) is 17.8 Å². The van der Waals surface area contributed by atoms with E-state index in [1.165, 1.54) is 10.5 Å². The maximum absolute atomic E-state index is 5.68. The maximum Gasteiger partial charge on any atom is 0.0336 e. The van der Waals surface area contributed by atoms with Gasteiger partial charge in [0.25, 0.3) is 0 Å². The van der Waals surface area contributed by atoms with Gasteiger partial charge in [-0.25, -0.2) is 0 Å². The summed E-state index contributed by atoms with van der Waals surface area (Å²) in [6.07, 6.45) is 6.45. The lowest BCUT2D eigenvalue weighted by Crippen LogP contribution is -2.42. The summed E-state index contributed by atoms with van der Waals surface area (Å²) in [7, 11) is 0. The molecule has 0 spiro atoms. The summed E-state index contributed by atoms with van der Waals surface area (Å²) < 4.78 is 0. The van der Waals surface area contributed by atoms with E-state index in [-0.39, 0.29) is 0 Å². The van der Waals surface area contributed by atoms with Crippen molar-refractivity contribution in [2.75, 3.05) is 0 Å². The topological polar surface area (TPSA) is 38.0 Å². The van der Waals surface area contributed by atoms with Crippen molar-refractivity contribution < 1.29 is 0 Å². The van der Waals surface area contributed by atoms with Crippen LogP contribution in [0.2, 0.25) is 0 Å². The van der Waals surface area contributed by atoms with E-state index in [0.29, 0.717) is 11.3 Å². The molecule has 17 heavy (non-hydrogen) atoms. The predicted octanol–water partition coefficient (Wildman–Crippen LogP) is 2.89. The van der Waals surface area contributed by atoms with E-state index in [2.05, 4.69) is 36.3 Å². The molecule has 0 aromatic heterocycles. The van der Waals surface area contributed by atoms with Crippen LogP contribution in [0.1, 0.15) is 24.8 Å². The highest BCUT2D eigenvalue weighted by atomic mass is 32.2. The van der Waals surface area contributed by atoms with Crippen LogP contribution in [0, 0.1) is 0 Å². The Morgan fingerprint density at radius 2 is 2.35 bits per heavy atom. The van der Waals surface area contributed by atoms with E-state index in [9.17, 15) is 0 Å². The van der Waals surface area contributed by atoms with Gasteiger partial charge in [0.15, 0.2) is 0 Å². The number of unbranched alkanes of at least 4 members (excludes halogenated alkanes) is 1. The highest BCUT2D eigenvalue weighted by Crippen LogP contribution is 2.39. The molecular weight excluding hydrogens is 228 g/mol. The second kappa shape index (κ2) is 6.24. The van der Waals surface area contributed by atoms with Crippen molar-refractivity contribution in [1.82, 2.24) is 5.43 Å². The second-order valence-corrected chi connectivity index (χ2v) is 5.74. The van der Waals surface area contributed by atoms with Gasteiger partial charge >= 0.3 is 0 Å². The summed E-state index contributed by atoms with van der Waals surface area (Å²) in [4.78, 5) is 1.42. The van der Waals surface area contributed by atoms with Gasteiger partial charge in [-0.15, -0.1) is 18.3 Å². The minimum Gasteiger partial charge on any atom is -0.271 e. The van der Waals surface area contributed by atoms with Crippen LogP contribution in [0.15, 0.2) is 41.8 Å². The molecule has 1 aliphatic heterocycles. The number of rotatable bonds is 6. The highest BCUT2D eigenvalue weighted by molar-refractivity contribution is 8.00. The molecule has 2 atom stereocenters. The third kappa shape index (κ3) is 3.12. The third-order valence-corrected chi connectivity index (χ3v) is 4.71. The molecule has 0 saturated heterocycles. The summed E-state index contributed by atoms with van der Waals surface area (Å²) in [5, 5.41) is 0.571. The maximum atomic E-state index is 5.68. The van der Waals surface area contributed by atoms with Gasteiger partial charge in [-0.2, -0.15) is 0 Å². The van der Waals surface area contributed by atoms with Crippen LogP contribution >= 0.6 is 11.8 Å². The average molecular weight is 248 g/mol. The van der Waals surface area contributed by atoms with Crippen molar-refractivity contribution >= 4 is 11.8 Å². The number of nitrogens with two attached hydrogens (primary N) is 1. The minimum absolute atomic E-state index is 0.396. The Hall–Kier alpha value is -0.770. The normalized spacial score (nSPS) is 19.9. The molecule has 1 aliphatic rings. The fourth-order valence-corrected chi connectivity index (χ4v) is 3.72. The third-order valence-electron chi connectivity index (χ3n) is 3.26. The number of nitrogens with one attached hydrogen (secondary N) is 1. The molecular formula is C14H20N2S. The Labute approximate surface area is 108 Å². The van der Waals surface area contributed by atoms with Gasteiger partial charge < -0.3 is 0 Å². The molecule has 0 aliphatic carbocycles. The predicted molar refractivity (Wildman–Crippen MR) is 75.0 cm³/mol. The highest BCUT2D eigenvalue weighted by Gasteiger charge is 2.28. The van der Waals surface area contributed by atoms with Crippen LogP contribution in [0.3, 0.4) is 0 Å². The van der Waals surface area contributed by atoms with Gasteiger partial charge in [0.2, 0.25) is 0 Å². The summed E-state index contributed by atoms with van der Waals surface area (Å²) in [5.74, 6) is 5.68. The first-order chi connectivity index (χ1) is 8.35. The van der Waals surface area contributed by atoms with Crippen molar-refractivity contribution in [3.63, 3.8) is 0 Å². The van der Waals surface area contributed by atoms with Crippen LogP contribution in [0.5, 0.6) is 0 Å². The van der Waals surface area contributed by atoms with E-state index in [0.717, 1.165) is 25.7 Å². The summed E-state index contributed by atoms with van der Waals surface area (Å²) in [6.45, 7) is 3.76. The molecule has 92 valence electrons. The van der Waals surface area contributed by atoms with Gasteiger partial charge in [0.1, 0.15) is 0 Å².